The van der Waals surface area contributed by atoms with Gasteiger partial charge in [0.15, 0.2) is 4.32 Å². The van der Waals surface area contributed by atoms with Gasteiger partial charge in [0, 0.05) is 17.5 Å². The maximum atomic E-state index is 12.3. The van der Waals surface area contributed by atoms with E-state index in [4.69, 9.17) is 12.2 Å². The minimum Gasteiger partial charge on any atom is -0.508 e. The standard InChI is InChI=1S/C15H11N3O3S2/c19-11-5-3-9(4-6-11)13(20)17-18-14(21)12(23-15(18)22)8-10-2-1-7-16-10/h1-8,16,19H,(H,17,20). The highest BCUT2D eigenvalue weighted by atomic mass is 32.2. The van der Waals surface area contributed by atoms with Crippen molar-refractivity contribution in [1.29, 1.82) is 0 Å². The molecule has 116 valence electrons. The maximum absolute atomic E-state index is 12.3. The van der Waals surface area contributed by atoms with Crippen LogP contribution in [0, 0.1) is 0 Å². The number of carbonyl (C=O) groups is 2. The molecule has 23 heavy (non-hydrogen) atoms. The van der Waals surface area contributed by atoms with Crippen LogP contribution in [0.4, 0.5) is 0 Å². The summed E-state index contributed by atoms with van der Waals surface area (Å²) in [6.45, 7) is 0. The fourth-order valence-electron chi connectivity index (χ4n) is 1.92. The van der Waals surface area contributed by atoms with Gasteiger partial charge in [-0.05, 0) is 54.7 Å². The highest BCUT2D eigenvalue weighted by molar-refractivity contribution is 8.26. The molecule has 0 radical (unpaired) electrons. The number of nitrogens with one attached hydrogen (secondary N) is 2. The van der Waals surface area contributed by atoms with Crippen molar-refractivity contribution < 1.29 is 14.7 Å². The lowest BCUT2D eigenvalue weighted by Crippen LogP contribution is -2.44. The fraction of sp³-hybridized carbons (Fsp3) is 0. The van der Waals surface area contributed by atoms with E-state index in [-0.39, 0.29) is 16.0 Å². The van der Waals surface area contributed by atoms with E-state index in [2.05, 4.69) is 10.4 Å². The number of rotatable bonds is 3. The number of H-pyrrole nitrogens is 1. The summed E-state index contributed by atoms with van der Waals surface area (Å²) in [7, 11) is 0. The van der Waals surface area contributed by atoms with Crippen molar-refractivity contribution in [2.75, 3.05) is 0 Å². The lowest BCUT2D eigenvalue weighted by Gasteiger charge is -2.15. The fourth-order valence-corrected chi connectivity index (χ4v) is 3.09. The van der Waals surface area contributed by atoms with Gasteiger partial charge in [-0.1, -0.05) is 11.8 Å². The molecule has 0 spiro atoms. The van der Waals surface area contributed by atoms with Gasteiger partial charge in [0.05, 0.1) is 4.91 Å². The minimum atomic E-state index is -0.484. The molecule has 1 aromatic heterocycles. The number of amides is 2. The zero-order valence-electron chi connectivity index (χ0n) is 11.6. The first-order valence-electron chi connectivity index (χ1n) is 6.56. The molecule has 3 rings (SSSR count). The summed E-state index contributed by atoms with van der Waals surface area (Å²) >= 11 is 6.26. The summed E-state index contributed by atoms with van der Waals surface area (Å²) in [4.78, 5) is 27.9. The molecule has 3 N–H and O–H groups in total. The van der Waals surface area contributed by atoms with Gasteiger partial charge in [-0.2, -0.15) is 5.01 Å². The number of aromatic amines is 1. The largest absolute Gasteiger partial charge is 0.508 e. The summed E-state index contributed by atoms with van der Waals surface area (Å²) in [6, 6.07) is 9.34. The molecule has 1 fully saturated rings. The monoisotopic (exact) mass is 345 g/mol. The first-order valence-corrected chi connectivity index (χ1v) is 7.78. The molecule has 2 aromatic rings. The number of benzene rings is 1. The number of hydrogen-bond acceptors (Lipinski definition) is 5. The second-order valence-corrected chi connectivity index (χ2v) is 6.31. The number of aromatic hydroxyl groups is 1. The molecular weight excluding hydrogens is 334 g/mol. The van der Waals surface area contributed by atoms with Crippen molar-refractivity contribution in [2.45, 2.75) is 0 Å². The molecule has 0 bridgehead atoms. The van der Waals surface area contributed by atoms with Crippen LogP contribution in [0.1, 0.15) is 16.1 Å². The van der Waals surface area contributed by atoms with Gasteiger partial charge >= 0.3 is 0 Å². The van der Waals surface area contributed by atoms with E-state index in [1.54, 1.807) is 12.3 Å². The molecular formula is C15H11N3O3S2. The second-order valence-electron chi connectivity index (χ2n) is 4.63. The second kappa shape index (κ2) is 6.27. The van der Waals surface area contributed by atoms with E-state index in [1.165, 1.54) is 24.3 Å². The Morgan fingerprint density at radius 3 is 2.70 bits per heavy atom. The smallest absolute Gasteiger partial charge is 0.285 e. The number of phenolic OH excluding ortho intramolecular Hbond substituents is 1. The third-order valence-electron chi connectivity index (χ3n) is 3.05. The number of carbonyl (C=O) groups excluding carboxylic acids is 2. The van der Waals surface area contributed by atoms with Crippen LogP contribution in [-0.4, -0.2) is 31.2 Å². The van der Waals surface area contributed by atoms with Crippen molar-refractivity contribution in [3.8, 4) is 5.75 Å². The van der Waals surface area contributed by atoms with Crippen LogP contribution in [0.5, 0.6) is 5.75 Å². The summed E-state index contributed by atoms with van der Waals surface area (Å²) in [5.74, 6) is -0.815. The third kappa shape index (κ3) is 3.27. The zero-order chi connectivity index (χ0) is 16.4. The Balaban J connectivity index is 1.75. The number of phenols is 1. The molecule has 0 saturated carbocycles. The number of aromatic nitrogens is 1. The number of nitrogens with zero attached hydrogens (tertiary/aromatic N) is 1. The number of hydrazine groups is 1. The Hall–Kier alpha value is -2.58. The highest BCUT2D eigenvalue weighted by Gasteiger charge is 2.33. The van der Waals surface area contributed by atoms with Crippen molar-refractivity contribution in [3.05, 3.63) is 58.8 Å². The van der Waals surface area contributed by atoms with Crippen LogP contribution >= 0.6 is 24.0 Å². The Kier molecular flexibility index (Phi) is 4.18. The normalized spacial score (nSPS) is 16.2. The minimum absolute atomic E-state index is 0.0565. The third-order valence-corrected chi connectivity index (χ3v) is 4.35. The van der Waals surface area contributed by atoms with Gasteiger partial charge < -0.3 is 10.1 Å². The molecule has 1 aromatic carbocycles. The van der Waals surface area contributed by atoms with Crippen molar-refractivity contribution in [3.63, 3.8) is 0 Å². The molecule has 0 atom stereocenters. The molecule has 1 saturated heterocycles. The molecule has 0 unspecified atom stereocenters. The topological polar surface area (TPSA) is 85.4 Å². The molecule has 1 aliphatic heterocycles. The van der Waals surface area contributed by atoms with Crippen molar-refractivity contribution in [2.24, 2.45) is 0 Å². The Morgan fingerprint density at radius 1 is 1.30 bits per heavy atom. The Morgan fingerprint density at radius 2 is 2.04 bits per heavy atom. The van der Waals surface area contributed by atoms with E-state index in [0.717, 1.165) is 22.5 Å². The van der Waals surface area contributed by atoms with E-state index >= 15 is 0 Å². The number of hydrogen-bond donors (Lipinski definition) is 3. The first-order chi connectivity index (χ1) is 11.0. The maximum Gasteiger partial charge on any atom is 0.285 e. The number of thioether (sulfide) groups is 1. The van der Waals surface area contributed by atoms with E-state index < -0.39 is 5.91 Å². The highest BCUT2D eigenvalue weighted by Crippen LogP contribution is 2.31. The summed E-state index contributed by atoms with van der Waals surface area (Å²) in [5.41, 5.74) is 3.56. The van der Waals surface area contributed by atoms with Gasteiger partial charge in [0.25, 0.3) is 11.8 Å². The van der Waals surface area contributed by atoms with Gasteiger partial charge in [-0.3, -0.25) is 15.0 Å². The van der Waals surface area contributed by atoms with E-state index in [9.17, 15) is 14.7 Å². The van der Waals surface area contributed by atoms with Gasteiger partial charge in [-0.25, -0.2) is 0 Å². The molecule has 1 aliphatic rings. The van der Waals surface area contributed by atoms with Gasteiger partial charge in [-0.15, -0.1) is 0 Å². The van der Waals surface area contributed by atoms with E-state index in [0.29, 0.717) is 10.5 Å². The van der Waals surface area contributed by atoms with Gasteiger partial charge in [0.1, 0.15) is 5.75 Å². The number of thiocarbonyl (C=S) groups is 1. The van der Waals surface area contributed by atoms with E-state index in [1.807, 2.05) is 12.1 Å². The van der Waals surface area contributed by atoms with Crippen molar-refractivity contribution >= 4 is 46.2 Å². The first kappa shape index (κ1) is 15.3. The molecule has 6 nitrogen and oxygen atoms in total. The average molecular weight is 345 g/mol. The van der Waals surface area contributed by atoms with Gasteiger partial charge in [0.2, 0.25) is 0 Å². The summed E-state index contributed by atoms with van der Waals surface area (Å²) in [6.07, 6.45) is 3.42. The van der Waals surface area contributed by atoms with Crippen LogP contribution in [-0.2, 0) is 4.79 Å². The van der Waals surface area contributed by atoms with Crippen LogP contribution in [0.2, 0.25) is 0 Å². The quantitative estimate of drug-likeness (QED) is 0.587. The lowest BCUT2D eigenvalue weighted by atomic mass is 10.2. The van der Waals surface area contributed by atoms with Crippen LogP contribution in [0.3, 0.4) is 0 Å². The van der Waals surface area contributed by atoms with Crippen LogP contribution < -0.4 is 5.43 Å². The Labute approximate surface area is 141 Å². The SMILES string of the molecule is O=C(NN1C(=O)C(=Cc2ccc[nH]2)SC1=S)c1ccc(O)cc1. The Bertz CT molecular complexity index is 798. The molecule has 2 amide bonds. The summed E-state index contributed by atoms with van der Waals surface area (Å²) in [5, 5.41) is 10.3. The van der Waals surface area contributed by atoms with Crippen LogP contribution in [0.25, 0.3) is 6.08 Å². The van der Waals surface area contributed by atoms with Crippen molar-refractivity contribution in [1.82, 2.24) is 15.4 Å². The molecule has 0 aliphatic carbocycles. The zero-order valence-corrected chi connectivity index (χ0v) is 13.3. The summed E-state index contributed by atoms with van der Waals surface area (Å²) < 4.78 is 0.250. The van der Waals surface area contributed by atoms with Crippen LogP contribution in [0.15, 0.2) is 47.5 Å². The predicted molar refractivity (Wildman–Crippen MR) is 91.4 cm³/mol. The average Bonchev–Trinajstić information content (AvgIpc) is 3.12. The lowest BCUT2D eigenvalue weighted by molar-refractivity contribution is -0.123. The predicted octanol–water partition coefficient (Wildman–Crippen LogP) is 2.27. The molecule has 8 heteroatoms. The molecule has 2 heterocycles.